The Morgan fingerprint density at radius 2 is 1.56 bits per heavy atom. The van der Waals surface area contributed by atoms with Crippen molar-refractivity contribution >= 4 is 17.6 Å². The number of carbonyl (C=O) groups excluding carboxylic acids is 1. The Hall–Kier alpha value is -4.27. The highest BCUT2D eigenvalue weighted by Gasteiger charge is 2.31. The third-order valence-electron chi connectivity index (χ3n) is 7.31. The van der Waals surface area contributed by atoms with E-state index in [0.29, 0.717) is 30.8 Å². The van der Waals surface area contributed by atoms with E-state index in [1.54, 1.807) is 19.1 Å². The summed E-state index contributed by atoms with van der Waals surface area (Å²) in [5.74, 6) is -1.72. The van der Waals surface area contributed by atoms with Gasteiger partial charge in [0, 0.05) is 36.5 Å². The number of aromatic nitrogens is 1. The number of nitrogens with zero attached hydrogens (tertiary/aromatic N) is 1. The van der Waals surface area contributed by atoms with Gasteiger partial charge in [-0.25, -0.2) is 4.39 Å². The number of rotatable bonds is 14. The average Bonchev–Trinajstić information content (AvgIpc) is 3.33. The molecule has 1 amide bonds. The Bertz CT molecular complexity index is 1500. The third kappa shape index (κ3) is 7.97. The van der Waals surface area contributed by atoms with Crippen molar-refractivity contribution in [3.8, 4) is 22.4 Å². The molecule has 0 aliphatic carbocycles. The molecule has 0 aliphatic heterocycles. The molecule has 0 fully saturated rings. The van der Waals surface area contributed by atoms with Crippen molar-refractivity contribution < 1.29 is 28.9 Å². The number of halogens is 1. The Morgan fingerprint density at radius 3 is 2.14 bits per heavy atom. The highest BCUT2D eigenvalue weighted by Crippen LogP contribution is 2.42. The number of amides is 1. The van der Waals surface area contributed by atoms with Gasteiger partial charge in [0.05, 0.1) is 29.9 Å². The fraction of sp³-hybridized carbons (Fsp3) is 0.314. The highest BCUT2D eigenvalue weighted by atomic mass is 19.1. The van der Waals surface area contributed by atoms with E-state index < -0.39 is 18.2 Å². The zero-order valence-electron chi connectivity index (χ0n) is 24.8. The molecule has 3 aromatic carbocycles. The van der Waals surface area contributed by atoms with E-state index in [4.69, 9.17) is 4.74 Å². The van der Waals surface area contributed by atoms with Gasteiger partial charge in [0.2, 0.25) is 0 Å². The van der Waals surface area contributed by atoms with Crippen LogP contribution in [0.2, 0.25) is 0 Å². The molecule has 0 spiro atoms. The minimum absolute atomic E-state index is 0.0893. The zero-order chi connectivity index (χ0) is 30.9. The molecule has 0 bridgehead atoms. The molecule has 4 rings (SSSR count). The van der Waals surface area contributed by atoms with Crippen LogP contribution in [0.25, 0.3) is 22.4 Å². The number of carboxylic acid groups (broad SMARTS) is 1. The quantitative estimate of drug-likeness (QED) is 0.143. The van der Waals surface area contributed by atoms with E-state index >= 15 is 0 Å². The van der Waals surface area contributed by atoms with Crippen LogP contribution in [0.4, 0.5) is 10.1 Å². The van der Waals surface area contributed by atoms with Crippen LogP contribution >= 0.6 is 0 Å². The summed E-state index contributed by atoms with van der Waals surface area (Å²) < 4.78 is 21.7. The maximum absolute atomic E-state index is 14.1. The second-order valence-corrected chi connectivity index (χ2v) is 10.8. The van der Waals surface area contributed by atoms with Crippen LogP contribution in [0.1, 0.15) is 62.0 Å². The molecule has 4 aromatic rings. The summed E-state index contributed by atoms with van der Waals surface area (Å²) >= 11 is 0. The van der Waals surface area contributed by atoms with Gasteiger partial charge in [-0.1, -0.05) is 62.4 Å². The topological polar surface area (TPSA) is 101 Å². The van der Waals surface area contributed by atoms with Gasteiger partial charge < -0.3 is 24.8 Å². The second-order valence-electron chi connectivity index (χ2n) is 10.8. The van der Waals surface area contributed by atoms with Crippen LogP contribution in [0.15, 0.2) is 84.9 Å². The molecule has 2 atom stereocenters. The number of carboxylic acids is 1. The van der Waals surface area contributed by atoms with Crippen molar-refractivity contribution in [1.29, 1.82) is 0 Å². The van der Waals surface area contributed by atoms with Crippen LogP contribution in [0, 0.1) is 5.82 Å². The lowest BCUT2D eigenvalue weighted by Crippen LogP contribution is -2.25. The maximum Gasteiger partial charge on any atom is 0.305 e. The van der Waals surface area contributed by atoms with Crippen molar-refractivity contribution in [3.05, 3.63) is 102 Å². The molecule has 226 valence electrons. The van der Waals surface area contributed by atoms with Crippen molar-refractivity contribution in [3.63, 3.8) is 0 Å². The maximum atomic E-state index is 14.1. The lowest BCUT2D eigenvalue weighted by atomic mass is 9.94. The van der Waals surface area contributed by atoms with E-state index in [1.807, 2.05) is 74.5 Å². The van der Waals surface area contributed by atoms with Gasteiger partial charge in [-0.2, -0.15) is 0 Å². The zero-order valence-corrected chi connectivity index (χ0v) is 24.8. The number of ether oxygens (including phenoxy) is 1. The van der Waals surface area contributed by atoms with Gasteiger partial charge in [0.15, 0.2) is 0 Å². The van der Waals surface area contributed by atoms with Gasteiger partial charge in [-0.15, -0.1) is 0 Å². The Kier molecular flexibility index (Phi) is 10.9. The molecular formula is C35H39FN2O5. The summed E-state index contributed by atoms with van der Waals surface area (Å²) in [6, 6.07) is 25.1. The Labute approximate surface area is 252 Å². The van der Waals surface area contributed by atoms with Crippen LogP contribution in [-0.2, 0) is 16.1 Å². The van der Waals surface area contributed by atoms with E-state index in [2.05, 4.69) is 9.88 Å². The number of nitrogens with one attached hydrogen (secondary N) is 1. The molecule has 3 N–H and O–H groups in total. The lowest BCUT2D eigenvalue weighted by molar-refractivity contribution is -0.140. The van der Waals surface area contributed by atoms with Crippen molar-refractivity contribution in [2.24, 2.45) is 0 Å². The van der Waals surface area contributed by atoms with Crippen LogP contribution in [0.5, 0.6) is 0 Å². The lowest BCUT2D eigenvalue weighted by Gasteiger charge is -2.21. The van der Waals surface area contributed by atoms with Crippen LogP contribution in [-0.4, -0.2) is 45.5 Å². The number of hydrogen-bond donors (Lipinski definition) is 3. The van der Waals surface area contributed by atoms with Crippen LogP contribution in [0.3, 0.4) is 0 Å². The number of aliphatic hydroxyl groups excluding tert-OH is 1. The molecule has 8 heteroatoms. The number of anilines is 1. The van der Waals surface area contributed by atoms with Crippen LogP contribution < -0.4 is 5.32 Å². The molecule has 43 heavy (non-hydrogen) atoms. The van der Waals surface area contributed by atoms with E-state index in [-0.39, 0.29) is 30.5 Å². The number of benzene rings is 3. The molecule has 1 heterocycles. The molecule has 1 aromatic heterocycles. The average molecular weight is 587 g/mol. The predicted molar refractivity (Wildman–Crippen MR) is 167 cm³/mol. The van der Waals surface area contributed by atoms with E-state index in [1.165, 1.54) is 12.1 Å². The normalized spacial score (nSPS) is 12.7. The highest BCUT2D eigenvalue weighted by molar-refractivity contribution is 6.12. The fourth-order valence-electron chi connectivity index (χ4n) is 5.55. The fourth-order valence-corrected chi connectivity index (χ4v) is 5.55. The first-order valence-electron chi connectivity index (χ1n) is 14.6. The first kappa shape index (κ1) is 31.7. The molecule has 0 unspecified atom stereocenters. The summed E-state index contributed by atoms with van der Waals surface area (Å²) in [5, 5.41) is 23.4. The van der Waals surface area contributed by atoms with Gasteiger partial charge in [-0.3, -0.25) is 9.59 Å². The minimum atomic E-state index is -0.988. The number of hydrogen-bond acceptors (Lipinski definition) is 4. The van der Waals surface area contributed by atoms with Gasteiger partial charge in [0.25, 0.3) is 5.91 Å². The smallest absolute Gasteiger partial charge is 0.305 e. The monoisotopic (exact) mass is 586 g/mol. The Balaban J connectivity index is 1.87. The number of aliphatic carboxylic acids is 1. The summed E-state index contributed by atoms with van der Waals surface area (Å²) in [7, 11) is 0. The summed E-state index contributed by atoms with van der Waals surface area (Å²) in [6.07, 6.45) is -1.21. The van der Waals surface area contributed by atoms with Crippen molar-refractivity contribution in [2.45, 2.75) is 64.7 Å². The minimum Gasteiger partial charge on any atom is -0.481 e. The van der Waals surface area contributed by atoms with Crippen molar-refractivity contribution in [2.75, 3.05) is 11.9 Å². The van der Waals surface area contributed by atoms with E-state index in [0.717, 1.165) is 28.1 Å². The molecule has 0 radical (unpaired) electrons. The summed E-state index contributed by atoms with van der Waals surface area (Å²) in [5.41, 5.74) is 4.98. The predicted octanol–water partition coefficient (Wildman–Crippen LogP) is 7.36. The standard InChI is InChI=1S/C35H39FN2O5/c1-4-43-29(22-30(40)41)21-28(39)19-20-38-33(23(2)3)32(35(42)37-27-13-9-6-10-14-27)31(24-11-7-5-8-12-24)34(38)25-15-17-26(36)18-16-25/h5-18,23,28-29,39H,4,19-22H2,1-3H3,(H,37,42)(H,40,41)/t28-,29-/m1/s1. The first-order chi connectivity index (χ1) is 20.7. The van der Waals surface area contributed by atoms with Gasteiger partial charge in [-0.05, 0) is 66.8 Å². The number of aliphatic hydroxyl groups is 1. The van der Waals surface area contributed by atoms with Crippen molar-refractivity contribution in [1.82, 2.24) is 4.57 Å². The van der Waals surface area contributed by atoms with E-state index in [9.17, 15) is 24.2 Å². The summed E-state index contributed by atoms with van der Waals surface area (Å²) in [4.78, 5) is 25.5. The molecular weight excluding hydrogens is 547 g/mol. The Morgan fingerprint density at radius 1 is 0.930 bits per heavy atom. The van der Waals surface area contributed by atoms with Gasteiger partial charge >= 0.3 is 5.97 Å². The largest absolute Gasteiger partial charge is 0.481 e. The third-order valence-corrected chi connectivity index (χ3v) is 7.31. The molecule has 0 aliphatic rings. The SMILES string of the molecule is CCO[C@@H](CC(=O)O)C[C@H](O)CCn1c(-c2ccc(F)cc2)c(-c2ccccc2)c(C(=O)Nc2ccccc2)c1C(C)C. The van der Waals surface area contributed by atoms with Gasteiger partial charge in [0.1, 0.15) is 5.82 Å². The number of para-hydroxylation sites is 1. The number of carbonyl (C=O) groups is 2. The first-order valence-corrected chi connectivity index (χ1v) is 14.6. The molecule has 7 nitrogen and oxygen atoms in total. The second kappa shape index (κ2) is 14.8. The molecule has 0 saturated heterocycles. The molecule has 0 saturated carbocycles. The summed E-state index contributed by atoms with van der Waals surface area (Å²) in [6.45, 7) is 6.50.